The molecule has 2 amide bonds. The topological polar surface area (TPSA) is 67.9 Å². The maximum Gasteiger partial charge on any atom is 0.387 e. The third-order valence-electron chi connectivity index (χ3n) is 4.68. The van der Waals surface area contributed by atoms with Crippen LogP contribution < -0.4 is 10.1 Å². The van der Waals surface area contributed by atoms with Gasteiger partial charge in [0.15, 0.2) is 0 Å². The fraction of sp³-hybridized carbons (Fsp3) is 0.364. The minimum absolute atomic E-state index is 0.00298. The Kier molecular flexibility index (Phi) is 6.99. The largest absolute Gasteiger partial charge is 0.435 e. The highest BCUT2D eigenvalue weighted by molar-refractivity contribution is 5.95. The van der Waals surface area contributed by atoms with Gasteiger partial charge in [-0.05, 0) is 49.7 Å². The number of hydrogen-bond donors (Lipinski definition) is 1. The lowest BCUT2D eigenvalue weighted by Crippen LogP contribution is -2.48. The zero-order valence-corrected chi connectivity index (χ0v) is 16.8. The summed E-state index contributed by atoms with van der Waals surface area (Å²) in [5, 5.41) is 2.73. The van der Waals surface area contributed by atoms with Crippen LogP contribution in [-0.4, -0.2) is 48.6 Å². The molecule has 6 nitrogen and oxygen atoms in total. The highest BCUT2D eigenvalue weighted by atomic mass is 19.3. The van der Waals surface area contributed by atoms with E-state index in [1.807, 2.05) is 13.8 Å². The quantitative estimate of drug-likeness (QED) is 0.780. The smallest absolute Gasteiger partial charge is 0.387 e. The molecular weight excluding hydrogens is 394 g/mol. The zero-order chi connectivity index (χ0) is 21.7. The summed E-state index contributed by atoms with van der Waals surface area (Å²) in [7, 11) is 0. The summed E-state index contributed by atoms with van der Waals surface area (Å²) < 4.78 is 34.6. The predicted octanol–water partition coefficient (Wildman–Crippen LogP) is 3.47. The number of carbonyl (C=O) groups excluding carboxylic acids is 2. The molecule has 1 heterocycles. The maximum absolute atomic E-state index is 12.7. The van der Waals surface area contributed by atoms with Crippen molar-refractivity contribution in [3.8, 4) is 5.75 Å². The zero-order valence-electron chi connectivity index (χ0n) is 16.8. The highest BCUT2D eigenvalue weighted by Gasteiger charge is 2.26. The van der Waals surface area contributed by atoms with Crippen LogP contribution in [0.4, 0.5) is 8.78 Å². The average Bonchev–Trinajstić information content (AvgIpc) is 2.71. The van der Waals surface area contributed by atoms with Crippen molar-refractivity contribution in [2.24, 2.45) is 0 Å². The predicted molar refractivity (Wildman–Crippen MR) is 107 cm³/mol. The molecule has 0 spiro atoms. The number of nitrogens with zero attached hydrogens (tertiary/aromatic N) is 1. The Hall–Kier alpha value is -3.00. The van der Waals surface area contributed by atoms with Crippen molar-refractivity contribution in [2.45, 2.75) is 39.2 Å². The number of benzene rings is 2. The van der Waals surface area contributed by atoms with Gasteiger partial charge in [-0.1, -0.05) is 18.2 Å². The van der Waals surface area contributed by atoms with E-state index >= 15 is 0 Å². The van der Waals surface area contributed by atoms with E-state index in [0.29, 0.717) is 18.7 Å². The van der Waals surface area contributed by atoms with E-state index in [0.717, 1.165) is 5.56 Å². The number of amides is 2. The van der Waals surface area contributed by atoms with E-state index in [4.69, 9.17) is 4.74 Å². The van der Waals surface area contributed by atoms with Crippen molar-refractivity contribution in [1.82, 2.24) is 10.2 Å². The average molecular weight is 418 g/mol. The number of alkyl halides is 2. The molecule has 3 rings (SSSR count). The van der Waals surface area contributed by atoms with Gasteiger partial charge in [-0.25, -0.2) is 0 Å². The summed E-state index contributed by atoms with van der Waals surface area (Å²) in [5.74, 6) is -0.540. The van der Waals surface area contributed by atoms with E-state index in [9.17, 15) is 18.4 Å². The monoisotopic (exact) mass is 418 g/mol. The third-order valence-corrected chi connectivity index (χ3v) is 4.68. The Morgan fingerprint density at radius 1 is 1.10 bits per heavy atom. The Morgan fingerprint density at radius 2 is 1.77 bits per heavy atom. The molecule has 0 radical (unpaired) electrons. The molecule has 2 aromatic rings. The van der Waals surface area contributed by atoms with Gasteiger partial charge in [-0.15, -0.1) is 0 Å². The maximum atomic E-state index is 12.7. The van der Waals surface area contributed by atoms with Crippen LogP contribution in [0.1, 0.15) is 40.1 Å². The Morgan fingerprint density at radius 3 is 2.40 bits per heavy atom. The summed E-state index contributed by atoms with van der Waals surface area (Å²) in [6, 6.07) is 12.6. The molecule has 1 saturated heterocycles. The summed E-state index contributed by atoms with van der Waals surface area (Å²) in [4.78, 5) is 26.8. The van der Waals surface area contributed by atoms with Crippen molar-refractivity contribution in [1.29, 1.82) is 0 Å². The lowest BCUT2D eigenvalue weighted by atomic mass is 10.1. The van der Waals surface area contributed by atoms with E-state index in [1.54, 1.807) is 29.2 Å². The van der Waals surface area contributed by atoms with E-state index in [-0.39, 0.29) is 36.0 Å². The lowest BCUT2D eigenvalue weighted by Gasteiger charge is -2.35. The summed E-state index contributed by atoms with van der Waals surface area (Å²) in [5.41, 5.74) is 1.60. The SMILES string of the molecule is CC1CN(C(=O)c2ccc(CNC(=O)c3cccc(OC(F)F)c3)cc2)CC(C)O1. The second kappa shape index (κ2) is 9.67. The number of nitrogens with one attached hydrogen (secondary N) is 1. The third kappa shape index (κ3) is 5.76. The van der Waals surface area contributed by atoms with Crippen LogP contribution in [0.15, 0.2) is 48.5 Å². The van der Waals surface area contributed by atoms with E-state index in [2.05, 4.69) is 10.1 Å². The van der Waals surface area contributed by atoms with Crippen LogP contribution in [0.2, 0.25) is 0 Å². The van der Waals surface area contributed by atoms with Crippen LogP contribution in [0, 0.1) is 0 Å². The first kappa shape index (κ1) is 21.7. The normalized spacial score (nSPS) is 18.9. The molecule has 30 heavy (non-hydrogen) atoms. The second-order valence-electron chi connectivity index (χ2n) is 7.25. The van der Waals surface area contributed by atoms with Gasteiger partial charge in [0, 0.05) is 30.8 Å². The van der Waals surface area contributed by atoms with Gasteiger partial charge < -0.3 is 19.7 Å². The molecular formula is C22H24F2N2O4. The molecule has 0 aliphatic carbocycles. The van der Waals surface area contributed by atoms with Gasteiger partial charge in [0.05, 0.1) is 12.2 Å². The highest BCUT2D eigenvalue weighted by Crippen LogP contribution is 2.17. The Bertz CT molecular complexity index is 879. The van der Waals surface area contributed by atoms with Crippen molar-refractivity contribution in [2.75, 3.05) is 13.1 Å². The molecule has 1 aliphatic heterocycles. The standard InChI is InChI=1S/C22H24F2N2O4/c1-14-12-26(13-15(2)29-14)21(28)17-8-6-16(7-9-17)11-25-20(27)18-4-3-5-19(10-18)30-22(23)24/h3-10,14-15,22H,11-13H2,1-2H3,(H,25,27). The molecule has 2 unspecified atom stereocenters. The van der Waals surface area contributed by atoms with E-state index < -0.39 is 12.5 Å². The summed E-state index contributed by atoms with van der Waals surface area (Å²) >= 11 is 0. The van der Waals surface area contributed by atoms with Crippen molar-refractivity contribution >= 4 is 11.8 Å². The van der Waals surface area contributed by atoms with Crippen LogP contribution in [0.5, 0.6) is 5.75 Å². The van der Waals surface area contributed by atoms with Crippen LogP contribution in [0.25, 0.3) is 0 Å². The first-order chi connectivity index (χ1) is 14.3. The first-order valence-corrected chi connectivity index (χ1v) is 9.68. The number of ether oxygens (including phenoxy) is 2. The lowest BCUT2D eigenvalue weighted by molar-refractivity contribution is -0.0586. The fourth-order valence-electron chi connectivity index (χ4n) is 3.39. The van der Waals surface area contributed by atoms with Gasteiger partial charge >= 0.3 is 6.61 Å². The summed E-state index contributed by atoms with van der Waals surface area (Å²) in [6.45, 7) is 2.27. The number of rotatable bonds is 6. The van der Waals surface area contributed by atoms with Crippen LogP contribution in [0.3, 0.4) is 0 Å². The Labute approximate surface area is 173 Å². The van der Waals surface area contributed by atoms with Gasteiger partial charge in [-0.2, -0.15) is 8.78 Å². The fourth-order valence-corrected chi connectivity index (χ4v) is 3.39. The van der Waals surface area contributed by atoms with Gasteiger partial charge in [0.1, 0.15) is 5.75 Å². The molecule has 0 bridgehead atoms. The minimum atomic E-state index is -2.95. The molecule has 0 aromatic heterocycles. The van der Waals surface area contributed by atoms with Gasteiger partial charge in [0.25, 0.3) is 11.8 Å². The number of carbonyl (C=O) groups is 2. The second-order valence-corrected chi connectivity index (χ2v) is 7.25. The van der Waals surface area contributed by atoms with Gasteiger partial charge in [0.2, 0.25) is 0 Å². The van der Waals surface area contributed by atoms with Crippen molar-refractivity contribution in [3.05, 3.63) is 65.2 Å². The molecule has 160 valence electrons. The van der Waals surface area contributed by atoms with Gasteiger partial charge in [-0.3, -0.25) is 9.59 Å². The van der Waals surface area contributed by atoms with Crippen LogP contribution in [-0.2, 0) is 11.3 Å². The molecule has 0 saturated carbocycles. The first-order valence-electron chi connectivity index (χ1n) is 9.68. The molecule has 1 fully saturated rings. The molecule has 1 N–H and O–H groups in total. The van der Waals surface area contributed by atoms with E-state index in [1.165, 1.54) is 24.3 Å². The molecule has 2 atom stereocenters. The Balaban J connectivity index is 1.57. The minimum Gasteiger partial charge on any atom is -0.435 e. The molecule has 1 aliphatic rings. The molecule has 8 heteroatoms. The van der Waals surface area contributed by atoms with Crippen molar-refractivity contribution in [3.63, 3.8) is 0 Å². The van der Waals surface area contributed by atoms with Crippen LogP contribution >= 0.6 is 0 Å². The van der Waals surface area contributed by atoms with Crippen molar-refractivity contribution < 1.29 is 27.8 Å². The number of halogens is 2. The number of morpholine rings is 1. The number of hydrogen-bond acceptors (Lipinski definition) is 4. The summed E-state index contributed by atoms with van der Waals surface area (Å²) in [6.07, 6.45) is -0.00596. The molecule has 2 aromatic carbocycles.